The number of fused-ring (bicyclic) bond motifs is 11. The molecule has 0 amide bonds. The lowest BCUT2D eigenvalue weighted by molar-refractivity contribution is 0.763. The third kappa shape index (κ3) is 6.57. The summed E-state index contributed by atoms with van der Waals surface area (Å²) in [5, 5.41) is 16.2. The Morgan fingerprint density at radius 2 is 1.06 bits per heavy atom. The first kappa shape index (κ1) is 40.6. The van der Waals surface area contributed by atoms with E-state index in [1.165, 1.54) is 87.1 Å². The highest BCUT2D eigenvalue weighted by atomic mass is 15.0. The summed E-state index contributed by atoms with van der Waals surface area (Å²) >= 11 is 0. The van der Waals surface area contributed by atoms with Crippen LogP contribution in [0.15, 0.2) is 237 Å². The van der Waals surface area contributed by atoms with Crippen LogP contribution in [0.5, 0.6) is 0 Å². The number of hydrogen-bond acceptors (Lipinski definition) is 2. The van der Waals surface area contributed by atoms with Crippen molar-refractivity contribution < 1.29 is 0 Å². The van der Waals surface area contributed by atoms with Crippen LogP contribution in [-0.2, 0) is 6.42 Å². The van der Waals surface area contributed by atoms with E-state index in [9.17, 15) is 0 Å². The minimum atomic E-state index is -0.0909. The number of nitrogens with zero attached hydrogens (tertiary/aromatic N) is 3. The van der Waals surface area contributed by atoms with E-state index in [4.69, 9.17) is 4.98 Å². The predicted molar refractivity (Wildman–Crippen MR) is 303 cm³/mol. The van der Waals surface area contributed by atoms with Crippen molar-refractivity contribution in [1.82, 2.24) is 19.4 Å². The van der Waals surface area contributed by atoms with Gasteiger partial charge in [-0.15, -0.1) is 0 Å². The van der Waals surface area contributed by atoms with Gasteiger partial charge in [-0.05, 0) is 134 Å². The van der Waals surface area contributed by atoms with E-state index in [1.807, 2.05) is 0 Å². The van der Waals surface area contributed by atoms with Gasteiger partial charge in [0.2, 0.25) is 0 Å². The maximum Gasteiger partial charge on any atom is 0.0730 e. The Morgan fingerprint density at radius 3 is 1.76 bits per heavy atom. The lowest BCUT2D eigenvalue weighted by Crippen LogP contribution is -2.23. The average molecular weight is 919 g/mol. The Labute approximate surface area is 416 Å². The van der Waals surface area contributed by atoms with Gasteiger partial charge < -0.3 is 14.5 Å². The lowest BCUT2D eigenvalue weighted by atomic mass is 9.93. The van der Waals surface area contributed by atoms with Crippen molar-refractivity contribution in [1.29, 1.82) is 0 Å². The molecule has 13 aromatic rings. The Bertz CT molecular complexity index is 4400. The standard InChI is InChI=1S/C68H46N4/c1-5-17-47-35-51(29-25-43(47)13-1)60-39-55(40-61(69-60)52-30-26-44-14-2-6-18-48(44)36-52)71-65-24-12-10-22-59(65)67-66(71)34-33-58-57-21-9-11-23-64(57)72(68(58)67)56-41-62(53-31-27-45-15-3-7-19-49(45)37-53)70-63(42-56)54-32-28-46-16-4-8-20-50(46)38-54/h1-3,5-15,17-42,62,70H,4,16H2. The lowest BCUT2D eigenvalue weighted by Gasteiger charge is -2.27. The molecule has 15 rings (SSSR count). The molecule has 0 saturated heterocycles. The molecule has 4 nitrogen and oxygen atoms in total. The maximum atomic E-state index is 5.48. The van der Waals surface area contributed by atoms with Gasteiger partial charge in [-0.2, -0.15) is 0 Å². The number of aryl methyl sites for hydroxylation is 1. The second-order valence-corrected chi connectivity index (χ2v) is 19.5. The van der Waals surface area contributed by atoms with Crippen LogP contribution in [0.1, 0.15) is 34.7 Å². The van der Waals surface area contributed by atoms with E-state index in [2.05, 4.69) is 257 Å². The largest absolute Gasteiger partial charge is 0.374 e. The molecule has 4 heterocycles. The van der Waals surface area contributed by atoms with Crippen LogP contribution in [0.25, 0.3) is 122 Å². The molecule has 72 heavy (non-hydrogen) atoms. The quantitative estimate of drug-likeness (QED) is 0.180. The summed E-state index contributed by atoms with van der Waals surface area (Å²) < 4.78 is 5.02. The van der Waals surface area contributed by atoms with Crippen molar-refractivity contribution in [2.24, 2.45) is 0 Å². The molecule has 4 heteroatoms. The smallest absolute Gasteiger partial charge is 0.0730 e. The molecule has 1 aliphatic carbocycles. The van der Waals surface area contributed by atoms with E-state index in [0.717, 1.165) is 63.5 Å². The molecule has 1 unspecified atom stereocenters. The molecule has 10 aromatic carbocycles. The molecule has 1 aliphatic heterocycles. The number of aromatic nitrogens is 3. The SMILES string of the molecule is C1=Cc2cc(C3=CC(n4c5ccccc5c5ccc6c(c7ccccc7n6-c6cc(-c7ccc8ccccc8c7)nc(-c7ccc8ccccc8c7)c6)c54)=CC(c4ccc5ccccc5c4)N3)ccc2CC1. The van der Waals surface area contributed by atoms with Gasteiger partial charge in [0, 0.05) is 44.1 Å². The monoisotopic (exact) mass is 918 g/mol. The minimum Gasteiger partial charge on any atom is -0.374 e. The van der Waals surface area contributed by atoms with Gasteiger partial charge in [0.15, 0.2) is 0 Å². The highest BCUT2D eigenvalue weighted by molar-refractivity contribution is 6.27. The van der Waals surface area contributed by atoms with Gasteiger partial charge in [0.1, 0.15) is 0 Å². The van der Waals surface area contributed by atoms with Crippen LogP contribution in [0.2, 0.25) is 0 Å². The van der Waals surface area contributed by atoms with Crippen molar-refractivity contribution >= 4 is 93.4 Å². The van der Waals surface area contributed by atoms with Crippen LogP contribution < -0.4 is 5.32 Å². The molecular formula is C68H46N4. The molecule has 0 saturated carbocycles. The summed E-state index contributed by atoms with van der Waals surface area (Å²) in [7, 11) is 0. The average Bonchev–Trinajstić information content (AvgIpc) is 3.97. The summed E-state index contributed by atoms with van der Waals surface area (Å²) in [4.78, 5) is 5.48. The molecule has 0 spiro atoms. The third-order valence-electron chi connectivity index (χ3n) is 15.3. The Morgan fingerprint density at radius 1 is 0.458 bits per heavy atom. The van der Waals surface area contributed by atoms with Crippen molar-refractivity contribution in [3.63, 3.8) is 0 Å². The zero-order valence-electron chi connectivity index (χ0n) is 39.4. The predicted octanol–water partition coefficient (Wildman–Crippen LogP) is 17.3. The minimum absolute atomic E-state index is 0.0909. The fourth-order valence-corrected chi connectivity index (χ4v) is 11.8. The number of nitrogens with one attached hydrogen (secondary N) is 1. The van der Waals surface area contributed by atoms with Gasteiger partial charge >= 0.3 is 0 Å². The molecule has 0 radical (unpaired) electrons. The molecule has 1 N–H and O–H groups in total. The van der Waals surface area contributed by atoms with Gasteiger partial charge in [0.05, 0.1) is 45.2 Å². The fraction of sp³-hybridized carbons (Fsp3) is 0.0441. The van der Waals surface area contributed by atoms with Crippen LogP contribution in [0.3, 0.4) is 0 Å². The second-order valence-electron chi connectivity index (χ2n) is 19.5. The van der Waals surface area contributed by atoms with Gasteiger partial charge in [0.25, 0.3) is 0 Å². The van der Waals surface area contributed by atoms with E-state index in [0.29, 0.717) is 0 Å². The Kier molecular flexibility index (Phi) is 9.12. The van der Waals surface area contributed by atoms with Crippen LogP contribution in [0.4, 0.5) is 0 Å². The summed E-state index contributed by atoms with van der Waals surface area (Å²) in [5.41, 5.74) is 17.1. The number of dihydropyridines is 1. The third-order valence-corrected chi connectivity index (χ3v) is 15.3. The highest BCUT2D eigenvalue weighted by Crippen LogP contribution is 2.44. The number of para-hydroxylation sites is 2. The zero-order valence-corrected chi connectivity index (χ0v) is 39.4. The first-order chi connectivity index (χ1) is 35.6. The number of benzene rings is 10. The normalized spacial score (nSPS) is 14.6. The maximum absolute atomic E-state index is 5.48. The molecule has 0 fully saturated rings. The first-order valence-electron chi connectivity index (χ1n) is 25.1. The molecule has 0 bridgehead atoms. The van der Waals surface area contributed by atoms with Crippen LogP contribution >= 0.6 is 0 Å². The van der Waals surface area contributed by atoms with Crippen molar-refractivity contribution in [3.05, 3.63) is 259 Å². The van der Waals surface area contributed by atoms with Crippen molar-refractivity contribution in [2.75, 3.05) is 0 Å². The van der Waals surface area contributed by atoms with Gasteiger partial charge in [-0.1, -0.05) is 176 Å². The summed E-state index contributed by atoms with van der Waals surface area (Å²) in [6.45, 7) is 0. The van der Waals surface area contributed by atoms with Crippen LogP contribution in [-0.4, -0.2) is 14.1 Å². The fourth-order valence-electron chi connectivity index (χ4n) is 11.8. The van der Waals surface area contributed by atoms with Crippen LogP contribution in [0, 0.1) is 0 Å². The summed E-state index contributed by atoms with van der Waals surface area (Å²) in [5.74, 6) is 0. The van der Waals surface area contributed by atoms with E-state index < -0.39 is 0 Å². The van der Waals surface area contributed by atoms with E-state index >= 15 is 0 Å². The molecule has 338 valence electrons. The first-order valence-corrected chi connectivity index (χ1v) is 25.1. The summed E-state index contributed by atoms with van der Waals surface area (Å²) in [6, 6.07) is 80.2. The van der Waals surface area contributed by atoms with Crippen molar-refractivity contribution in [3.8, 4) is 28.2 Å². The summed E-state index contributed by atoms with van der Waals surface area (Å²) in [6.07, 6.45) is 11.6. The number of rotatable bonds is 6. The Balaban J connectivity index is 0.996. The number of pyridine rings is 1. The highest BCUT2D eigenvalue weighted by Gasteiger charge is 2.26. The topological polar surface area (TPSA) is 34.8 Å². The van der Waals surface area contributed by atoms with E-state index in [-0.39, 0.29) is 6.04 Å². The van der Waals surface area contributed by atoms with E-state index in [1.54, 1.807) is 0 Å². The number of hydrogen-bond donors (Lipinski definition) is 1. The molecule has 1 atom stereocenters. The second kappa shape index (κ2) is 16.2. The van der Waals surface area contributed by atoms with Gasteiger partial charge in [-0.25, -0.2) is 4.98 Å². The Hall–Kier alpha value is -9.25. The molecule has 2 aliphatic rings. The number of allylic oxidation sites excluding steroid dienone is 3. The van der Waals surface area contributed by atoms with Gasteiger partial charge in [-0.3, -0.25) is 0 Å². The zero-order chi connectivity index (χ0) is 47.3. The molecular weight excluding hydrogens is 873 g/mol. The molecule has 3 aromatic heterocycles. The van der Waals surface area contributed by atoms with Crippen molar-refractivity contribution in [2.45, 2.75) is 18.9 Å².